The molecule has 0 saturated carbocycles. The Bertz CT molecular complexity index is 327. The van der Waals surface area contributed by atoms with Crippen molar-refractivity contribution in [3.63, 3.8) is 0 Å². The Kier molecular flexibility index (Phi) is 3.07. The minimum atomic E-state index is -4.80. The molecule has 1 aromatic heterocycles. The number of hydrogen-bond acceptors (Lipinski definition) is 2. The molecule has 84 valence electrons. The fourth-order valence-corrected chi connectivity index (χ4v) is 1.11. The maximum Gasteiger partial charge on any atom is 0.482 e. The Morgan fingerprint density at radius 2 is 1.60 bits per heavy atom. The minimum absolute atomic E-state index is 0.121. The Labute approximate surface area is 87.0 Å². The van der Waals surface area contributed by atoms with Crippen molar-refractivity contribution in [2.24, 2.45) is 0 Å². The molecule has 0 aliphatic heterocycles. The molecule has 0 atom stereocenters. The lowest BCUT2D eigenvalue weighted by Crippen LogP contribution is -2.21. The van der Waals surface area contributed by atoms with Gasteiger partial charge in [-0.25, -0.2) is 9.97 Å². The van der Waals surface area contributed by atoms with Crippen LogP contribution in [0.25, 0.3) is 0 Å². The molecule has 0 radical (unpaired) electrons. The van der Waals surface area contributed by atoms with E-state index in [1.807, 2.05) is 20.8 Å². The Balaban J connectivity index is 2.82. The van der Waals surface area contributed by atoms with Crippen LogP contribution in [-0.4, -0.2) is 16.9 Å². The third-order valence-corrected chi connectivity index (χ3v) is 1.84. The molecule has 6 heteroatoms. The summed E-state index contributed by atoms with van der Waals surface area (Å²) in [5.41, 5.74) is -0.113. The van der Waals surface area contributed by atoms with Gasteiger partial charge in [-0.05, 0) is 5.56 Å². The van der Waals surface area contributed by atoms with Crippen LogP contribution >= 0.6 is 0 Å². The molecule has 0 aliphatic carbocycles. The third kappa shape index (κ3) is 3.89. The van der Waals surface area contributed by atoms with E-state index in [0.717, 1.165) is 0 Å². The van der Waals surface area contributed by atoms with Crippen LogP contribution in [0.4, 0.5) is 12.9 Å². The summed E-state index contributed by atoms with van der Waals surface area (Å²) in [5.74, 6) is 0.556. The molecule has 1 heterocycles. The van der Waals surface area contributed by atoms with Crippen LogP contribution in [0, 0.1) is 0 Å². The van der Waals surface area contributed by atoms with E-state index in [-0.39, 0.29) is 11.0 Å². The van der Waals surface area contributed by atoms with E-state index < -0.39 is 13.3 Å². The standard InChI is InChI=1S/C9H13BF3N2/c1-9(2,3)8-14-5-7(6-15-8)4-10(11,12)13/h5-6H,4H2,1-3H3/q-1. The molecule has 0 unspecified atom stereocenters. The summed E-state index contributed by atoms with van der Waals surface area (Å²) in [6, 6.07) is 0. The van der Waals surface area contributed by atoms with Crippen molar-refractivity contribution in [2.75, 3.05) is 0 Å². The number of hydrogen-bond donors (Lipinski definition) is 0. The molecular formula is C9H13BF3N2-. The van der Waals surface area contributed by atoms with Gasteiger partial charge < -0.3 is 12.9 Å². The molecule has 1 aromatic rings. The van der Waals surface area contributed by atoms with Gasteiger partial charge in [0.2, 0.25) is 0 Å². The molecule has 0 amide bonds. The third-order valence-electron chi connectivity index (χ3n) is 1.84. The molecule has 0 aliphatic rings. The Morgan fingerprint density at radius 1 is 1.13 bits per heavy atom. The Morgan fingerprint density at radius 3 is 1.93 bits per heavy atom. The fourth-order valence-electron chi connectivity index (χ4n) is 1.11. The van der Waals surface area contributed by atoms with Crippen molar-refractivity contribution in [3.05, 3.63) is 23.8 Å². The van der Waals surface area contributed by atoms with E-state index in [0.29, 0.717) is 5.82 Å². The first-order valence-corrected chi connectivity index (χ1v) is 4.71. The first kappa shape index (κ1) is 12.0. The monoisotopic (exact) mass is 217 g/mol. The van der Waals surface area contributed by atoms with Gasteiger partial charge in [0.1, 0.15) is 5.82 Å². The molecule has 0 fully saturated rings. The minimum Gasteiger partial charge on any atom is -0.449 e. The lowest BCUT2D eigenvalue weighted by atomic mass is 9.83. The average Bonchev–Trinajstić information content (AvgIpc) is 2.00. The van der Waals surface area contributed by atoms with Gasteiger partial charge in [-0.3, -0.25) is 0 Å². The van der Waals surface area contributed by atoms with Crippen LogP contribution in [0.2, 0.25) is 0 Å². The molecule has 0 saturated heterocycles. The van der Waals surface area contributed by atoms with E-state index >= 15 is 0 Å². The lowest BCUT2D eigenvalue weighted by Gasteiger charge is -2.17. The van der Waals surface area contributed by atoms with Crippen LogP contribution in [0.3, 0.4) is 0 Å². The summed E-state index contributed by atoms with van der Waals surface area (Å²) in [6.07, 6.45) is 1.59. The van der Waals surface area contributed by atoms with Crippen LogP contribution in [0.5, 0.6) is 0 Å². The van der Waals surface area contributed by atoms with E-state index in [2.05, 4.69) is 9.97 Å². The normalized spacial score (nSPS) is 12.9. The second-order valence-electron chi connectivity index (χ2n) is 4.58. The van der Waals surface area contributed by atoms with Gasteiger partial charge in [-0.15, -0.1) is 0 Å². The van der Waals surface area contributed by atoms with Crippen molar-refractivity contribution >= 4 is 6.98 Å². The predicted octanol–water partition coefficient (Wildman–Crippen LogP) is 2.70. The highest BCUT2D eigenvalue weighted by Gasteiger charge is 2.24. The SMILES string of the molecule is CC(C)(C)c1ncc(C[B-](F)(F)F)cn1. The van der Waals surface area contributed by atoms with Crippen LogP contribution in [0.1, 0.15) is 32.2 Å². The topological polar surface area (TPSA) is 25.8 Å². The van der Waals surface area contributed by atoms with Gasteiger partial charge in [0.15, 0.2) is 0 Å². The zero-order chi connectivity index (χ0) is 11.7. The average molecular weight is 217 g/mol. The molecule has 0 aromatic carbocycles. The van der Waals surface area contributed by atoms with E-state index in [9.17, 15) is 12.9 Å². The molecule has 15 heavy (non-hydrogen) atoms. The lowest BCUT2D eigenvalue weighted by molar-refractivity contribution is 0.467. The summed E-state index contributed by atoms with van der Waals surface area (Å²) in [5, 5.41) is 0. The van der Waals surface area contributed by atoms with E-state index in [4.69, 9.17) is 0 Å². The van der Waals surface area contributed by atoms with Gasteiger partial charge in [0.05, 0.1) is 0 Å². The van der Waals surface area contributed by atoms with Crippen LogP contribution in [0.15, 0.2) is 12.4 Å². The summed E-state index contributed by atoms with van der Waals surface area (Å²) >= 11 is 0. The van der Waals surface area contributed by atoms with Crippen molar-refractivity contribution in [1.82, 2.24) is 9.97 Å². The molecule has 0 N–H and O–H groups in total. The number of halogens is 3. The number of rotatable bonds is 2. The molecular weight excluding hydrogens is 204 g/mol. The van der Waals surface area contributed by atoms with Gasteiger partial charge in [0, 0.05) is 17.8 Å². The van der Waals surface area contributed by atoms with Crippen LogP contribution < -0.4 is 0 Å². The summed E-state index contributed by atoms with van der Waals surface area (Å²) in [4.78, 5) is 7.87. The molecule has 2 nitrogen and oxygen atoms in total. The molecule has 0 bridgehead atoms. The second kappa shape index (κ2) is 3.83. The highest BCUT2D eigenvalue weighted by atomic mass is 19.4. The predicted molar refractivity (Wildman–Crippen MR) is 53.5 cm³/mol. The smallest absolute Gasteiger partial charge is 0.449 e. The van der Waals surface area contributed by atoms with Crippen molar-refractivity contribution in [3.8, 4) is 0 Å². The zero-order valence-corrected chi connectivity index (χ0v) is 8.97. The molecule has 1 rings (SSSR count). The summed E-state index contributed by atoms with van der Waals surface area (Å²) in [6.45, 7) is 0.933. The quantitative estimate of drug-likeness (QED) is 0.711. The van der Waals surface area contributed by atoms with Gasteiger partial charge in [-0.2, -0.15) is 0 Å². The van der Waals surface area contributed by atoms with Gasteiger partial charge in [0.25, 0.3) is 0 Å². The van der Waals surface area contributed by atoms with Crippen molar-refractivity contribution in [1.29, 1.82) is 0 Å². The van der Waals surface area contributed by atoms with Crippen molar-refractivity contribution < 1.29 is 12.9 Å². The number of nitrogens with zero attached hydrogens (tertiary/aromatic N) is 2. The van der Waals surface area contributed by atoms with Gasteiger partial charge >= 0.3 is 6.98 Å². The highest BCUT2D eigenvalue weighted by molar-refractivity contribution is 6.57. The maximum absolute atomic E-state index is 12.1. The largest absolute Gasteiger partial charge is 0.482 e. The summed E-state index contributed by atoms with van der Waals surface area (Å²) in [7, 11) is 0. The fraction of sp³-hybridized carbons (Fsp3) is 0.556. The van der Waals surface area contributed by atoms with Gasteiger partial charge in [-0.1, -0.05) is 27.1 Å². The summed E-state index contributed by atoms with van der Waals surface area (Å²) < 4.78 is 36.2. The van der Waals surface area contributed by atoms with Crippen LogP contribution in [-0.2, 0) is 11.7 Å². The molecule has 0 spiro atoms. The first-order valence-electron chi connectivity index (χ1n) is 4.71. The number of aromatic nitrogens is 2. The maximum atomic E-state index is 12.1. The first-order chi connectivity index (χ1) is 6.68. The highest BCUT2D eigenvalue weighted by Crippen LogP contribution is 2.19. The Hall–Kier alpha value is -1.07. The van der Waals surface area contributed by atoms with E-state index in [1.54, 1.807) is 0 Å². The zero-order valence-electron chi connectivity index (χ0n) is 8.97. The second-order valence-corrected chi connectivity index (χ2v) is 4.58. The van der Waals surface area contributed by atoms with E-state index in [1.165, 1.54) is 12.4 Å². The van der Waals surface area contributed by atoms with Crippen molar-refractivity contribution in [2.45, 2.75) is 32.5 Å².